The number of halogens is 1. The third-order valence-electron chi connectivity index (χ3n) is 3.46. The summed E-state index contributed by atoms with van der Waals surface area (Å²) < 4.78 is 38.2. The van der Waals surface area contributed by atoms with Crippen LogP contribution >= 0.6 is 0 Å². The lowest BCUT2D eigenvalue weighted by molar-refractivity contribution is 0.0952. The third-order valence-corrected chi connectivity index (χ3v) is 4.66. The molecule has 0 radical (unpaired) electrons. The maximum Gasteiger partial charge on any atom is 0.268 e. The first kappa shape index (κ1) is 18.9. The van der Waals surface area contributed by atoms with Crippen LogP contribution in [-0.4, -0.2) is 34.9 Å². The van der Waals surface area contributed by atoms with Crippen LogP contribution in [-0.2, 0) is 23.1 Å². The molecular formula is C15H18FN5O3S. The Labute approximate surface area is 144 Å². The predicted molar refractivity (Wildman–Crippen MR) is 88.9 cm³/mol. The highest BCUT2D eigenvalue weighted by atomic mass is 32.2. The van der Waals surface area contributed by atoms with Crippen LogP contribution in [0.25, 0.3) is 0 Å². The molecule has 0 atom stereocenters. The molecular weight excluding hydrogens is 349 g/mol. The molecule has 0 aliphatic rings. The van der Waals surface area contributed by atoms with E-state index in [-0.39, 0.29) is 24.5 Å². The second-order valence-corrected chi connectivity index (χ2v) is 7.40. The average molecular weight is 367 g/mol. The van der Waals surface area contributed by atoms with E-state index in [2.05, 4.69) is 9.97 Å². The summed E-state index contributed by atoms with van der Waals surface area (Å²) in [4.78, 5) is 19.7. The maximum absolute atomic E-state index is 13.0. The molecule has 0 spiro atoms. The number of amides is 1. The molecule has 0 saturated heterocycles. The van der Waals surface area contributed by atoms with Gasteiger partial charge in [0.15, 0.2) is 0 Å². The van der Waals surface area contributed by atoms with Gasteiger partial charge in [-0.25, -0.2) is 28.6 Å². The van der Waals surface area contributed by atoms with Gasteiger partial charge in [0.1, 0.15) is 11.6 Å². The van der Waals surface area contributed by atoms with E-state index in [1.54, 1.807) is 6.92 Å². The summed E-state index contributed by atoms with van der Waals surface area (Å²) in [5.74, 6) is 4.38. The first-order valence-corrected chi connectivity index (χ1v) is 9.08. The minimum atomic E-state index is -3.56. The summed E-state index contributed by atoms with van der Waals surface area (Å²) in [6, 6.07) is 5.54. The fraction of sp³-hybridized carbons (Fsp3) is 0.267. The van der Waals surface area contributed by atoms with Crippen LogP contribution in [0.4, 0.5) is 4.39 Å². The molecule has 10 heteroatoms. The number of rotatable bonds is 6. The molecule has 1 aromatic heterocycles. The van der Waals surface area contributed by atoms with Crippen LogP contribution in [0, 0.1) is 12.7 Å². The van der Waals surface area contributed by atoms with Crippen molar-refractivity contribution >= 4 is 15.9 Å². The van der Waals surface area contributed by atoms with Gasteiger partial charge >= 0.3 is 0 Å². The molecule has 25 heavy (non-hydrogen) atoms. The van der Waals surface area contributed by atoms with Crippen molar-refractivity contribution in [2.45, 2.75) is 20.0 Å². The lowest BCUT2D eigenvalue weighted by atomic mass is 10.2. The molecule has 3 N–H and O–H groups in total. The number of carbonyl (C=O) groups is 1. The standard InChI is InChI=1S/C15H18FN5O3S/c1-10-13(15(22)20-17)7-18-14(19-10)9-21(25(2,23)24)8-11-3-5-12(16)6-4-11/h3-7H,8-9,17H2,1-2H3,(H,20,22). The summed E-state index contributed by atoms with van der Waals surface area (Å²) in [7, 11) is -3.56. The summed E-state index contributed by atoms with van der Waals surface area (Å²) in [6.45, 7) is 1.56. The Kier molecular flexibility index (Phi) is 5.77. The Morgan fingerprint density at radius 3 is 2.44 bits per heavy atom. The Balaban J connectivity index is 2.24. The van der Waals surface area contributed by atoms with E-state index in [0.29, 0.717) is 11.3 Å². The first-order chi connectivity index (χ1) is 11.7. The second-order valence-electron chi connectivity index (χ2n) is 5.42. The Hall–Kier alpha value is -2.43. The molecule has 2 rings (SSSR count). The predicted octanol–water partition coefficient (Wildman–Crippen LogP) is 0.489. The van der Waals surface area contributed by atoms with E-state index in [9.17, 15) is 17.6 Å². The molecule has 2 aromatic rings. The Bertz CT molecular complexity index is 871. The molecule has 1 amide bonds. The fourth-order valence-electron chi connectivity index (χ4n) is 2.13. The van der Waals surface area contributed by atoms with Crippen molar-refractivity contribution in [3.05, 3.63) is 58.9 Å². The molecule has 0 fully saturated rings. The minimum absolute atomic E-state index is 0.0482. The zero-order valence-corrected chi connectivity index (χ0v) is 14.5. The van der Waals surface area contributed by atoms with Gasteiger partial charge in [-0.3, -0.25) is 10.2 Å². The van der Waals surface area contributed by atoms with Gasteiger partial charge < -0.3 is 0 Å². The lowest BCUT2D eigenvalue weighted by Crippen LogP contribution is -2.32. The number of nitrogens with one attached hydrogen (secondary N) is 1. The van der Waals surface area contributed by atoms with Crippen LogP contribution < -0.4 is 11.3 Å². The molecule has 134 valence electrons. The number of hydrogen-bond acceptors (Lipinski definition) is 6. The third kappa shape index (κ3) is 5.02. The van der Waals surface area contributed by atoms with Crippen LogP contribution in [0.5, 0.6) is 0 Å². The van der Waals surface area contributed by atoms with E-state index in [4.69, 9.17) is 5.84 Å². The van der Waals surface area contributed by atoms with Crippen molar-refractivity contribution in [3.8, 4) is 0 Å². The largest absolute Gasteiger partial charge is 0.290 e. The van der Waals surface area contributed by atoms with E-state index < -0.39 is 21.7 Å². The maximum atomic E-state index is 13.0. The van der Waals surface area contributed by atoms with Gasteiger partial charge in [-0.1, -0.05) is 12.1 Å². The number of sulfonamides is 1. The SMILES string of the molecule is Cc1nc(CN(Cc2ccc(F)cc2)S(C)(=O)=O)ncc1C(=O)NN. The van der Waals surface area contributed by atoms with E-state index in [0.717, 1.165) is 10.6 Å². The van der Waals surface area contributed by atoms with Gasteiger partial charge in [0, 0.05) is 12.7 Å². The smallest absolute Gasteiger partial charge is 0.268 e. The van der Waals surface area contributed by atoms with Crippen molar-refractivity contribution < 1.29 is 17.6 Å². The zero-order valence-electron chi connectivity index (χ0n) is 13.7. The molecule has 1 heterocycles. The fourth-order valence-corrected chi connectivity index (χ4v) is 2.87. The normalized spacial score (nSPS) is 11.6. The van der Waals surface area contributed by atoms with Gasteiger partial charge in [-0.2, -0.15) is 4.31 Å². The zero-order chi connectivity index (χ0) is 18.6. The van der Waals surface area contributed by atoms with E-state index in [1.165, 1.54) is 30.5 Å². The van der Waals surface area contributed by atoms with Crippen molar-refractivity contribution in [2.24, 2.45) is 5.84 Å². The van der Waals surface area contributed by atoms with Crippen LogP contribution in [0.1, 0.15) is 27.4 Å². The van der Waals surface area contributed by atoms with Gasteiger partial charge in [0.25, 0.3) is 5.91 Å². The van der Waals surface area contributed by atoms with Gasteiger partial charge in [0.05, 0.1) is 24.1 Å². The Morgan fingerprint density at radius 2 is 1.92 bits per heavy atom. The number of nitrogens with zero attached hydrogens (tertiary/aromatic N) is 3. The number of benzene rings is 1. The molecule has 0 bridgehead atoms. The summed E-state index contributed by atoms with van der Waals surface area (Å²) >= 11 is 0. The average Bonchev–Trinajstić information content (AvgIpc) is 2.55. The topological polar surface area (TPSA) is 118 Å². The number of hydrogen-bond donors (Lipinski definition) is 2. The van der Waals surface area contributed by atoms with Crippen LogP contribution in [0.15, 0.2) is 30.5 Å². The van der Waals surface area contributed by atoms with Crippen molar-refractivity contribution in [2.75, 3.05) is 6.26 Å². The van der Waals surface area contributed by atoms with Crippen molar-refractivity contribution in [3.63, 3.8) is 0 Å². The first-order valence-electron chi connectivity index (χ1n) is 7.23. The van der Waals surface area contributed by atoms with Crippen molar-refractivity contribution in [1.82, 2.24) is 19.7 Å². The van der Waals surface area contributed by atoms with Crippen molar-refractivity contribution in [1.29, 1.82) is 0 Å². The second kappa shape index (κ2) is 7.64. The Morgan fingerprint density at radius 1 is 1.28 bits per heavy atom. The van der Waals surface area contributed by atoms with E-state index in [1.807, 2.05) is 5.43 Å². The lowest BCUT2D eigenvalue weighted by Gasteiger charge is -2.19. The van der Waals surface area contributed by atoms with Crippen LogP contribution in [0.2, 0.25) is 0 Å². The summed E-state index contributed by atoms with van der Waals surface area (Å²) in [5, 5.41) is 0. The molecule has 0 unspecified atom stereocenters. The molecule has 0 saturated carbocycles. The number of carbonyl (C=O) groups excluding carboxylic acids is 1. The highest BCUT2D eigenvalue weighted by Crippen LogP contribution is 2.13. The number of aryl methyl sites for hydroxylation is 1. The molecule has 0 aliphatic heterocycles. The molecule has 0 aliphatic carbocycles. The summed E-state index contributed by atoms with van der Waals surface area (Å²) in [6.07, 6.45) is 2.36. The van der Waals surface area contributed by atoms with Crippen LogP contribution in [0.3, 0.4) is 0 Å². The minimum Gasteiger partial charge on any atom is -0.290 e. The van der Waals surface area contributed by atoms with Gasteiger partial charge in [-0.15, -0.1) is 0 Å². The van der Waals surface area contributed by atoms with Gasteiger partial charge in [-0.05, 0) is 24.6 Å². The molecule has 8 nitrogen and oxygen atoms in total. The quantitative estimate of drug-likeness (QED) is 0.436. The molecule has 1 aromatic carbocycles. The van der Waals surface area contributed by atoms with E-state index >= 15 is 0 Å². The highest BCUT2D eigenvalue weighted by molar-refractivity contribution is 7.88. The number of nitrogen functional groups attached to an aromatic ring is 1. The number of hydrazine groups is 1. The summed E-state index contributed by atoms with van der Waals surface area (Å²) in [5.41, 5.74) is 3.20. The highest BCUT2D eigenvalue weighted by Gasteiger charge is 2.20. The number of aromatic nitrogens is 2. The number of nitrogens with two attached hydrogens (primary N) is 1. The van der Waals surface area contributed by atoms with Gasteiger partial charge in [0.2, 0.25) is 10.0 Å². The monoisotopic (exact) mass is 367 g/mol.